The molecule has 4 aromatic rings. The molecule has 0 amide bonds. The van der Waals surface area contributed by atoms with Gasteiger partial charge in [-0.3, -0.25) is 14.4 Å². The number of anilines is 1. The summed E-state index contributed by atoms with van der Waals surface area (Å²) in [4.78, 5) is 26.7. The summed E-state index contributed by atoms with van der Waals surface area (Å²) in [5.74, 6) is -1.44. The number of hydrogen-bond acceptors (Lipinski definition) is 7. The molecule has 11 heteroatoms. The molecule has 302 valence electrons. The lowest BCUT2D eigenvalue weighted by Gasteiger charge is -2.43. The average molecular weight is 809 g/mol. The minimum absolute atomic E-state index is 0.00302. The molecule has 0 N–H and O–H groups in total. The fraction of sp³-hybridized carbons (Fsp3) is 0.413. The van der Waals surface area contributed by atoms with E-state index in [9.17, 15) is 23.3 Å². The molecule has 2 aliphatic rings. The highest BCUT2D eigenvalue weighted by Crippen LogP contribution is 2.59. The number of nitrogens with zero attached hydrogens (tertiary/aromatic N) is 2. The van der Waals surface area contributed by atoms with E-state index in [0.717, 1.165) is 48.4 Å². The van der Waals surface area contributed by atoms with Crippen molar-refractivity contribution in [2.45, 2.75) is 107 Å². The molecule has 1 heterocycles. The van der Waals surface area contributed by atoms with Gasteiger partial charge in [-0.2, -0.15) is 0 Å². The van der Waals surface area contributed by atoms with Gasteiger partial charge in [-0.25, -0.2) is 13.2 Å². The summed E-state index contributed by atoms with van der Waals surface area (Å²) in [6.45, 7) is 11.1. The second-order valence-corrected chi connectivity index (χ2v) is 22.5. The Morgan fingerprint density at radius 3 is 1.91 bits per heavy atom. The van der Waals surface area contributed by atoms with Crippen LogP contribution in [0.5, 0.6) is 0 Å². The zero-order valence-electron chi connectivity index (χ0n) is 33.9. The number of aryl methyl sites for hydroxylation is 1. The normalized spacial score (nSPS) is 19.2. The van der Waals surface area contributed by atoms with E-state index in [1.807, 2.05) is 6.92 Å². The highest BCUT2D eigenvalue weighted by atomic mass is 32.2. The maximum Gasteiger partial charge on any atom is 0.336 e. The predicted octanol–water partition coefficient (Wildman–Crippen LogP) is 8.86. The van der Waals surface area contributed by atoms with E-state index in [4.69, 9.17) is 9.16 Å². The van der Waals surface area contributed by atoms with Crippen molar-refractivity contribution in [3.8, 4) is 0 Å². The molecule has 57 heavy (non-hydrogen) atoms. The Morgan fingerprint density at radius 2 is 1.35 bits per heavy atom. The topological polar surface area (TPSA) is 116 Å². The number of ether oxygens (including phenoxy) is 1. The zero-order valence-corrected chi connectivity index (χ0v) is 35.7. The lowest BCUT2D eigenvalue weighted by atomic mass is 9.77. The SMILES string of the molecule is CCOC(=O)C1=C[C@@H](CCCCCCCCCO[Si](c2ccccc2)(c2ccccc2)C(C)(C)C)[C@@]2([N+](=O)[O-])c3ccccc3N(S(=O)(=O)c3ccc(C)cc3)[C@H]12. The van der Waals surface area contributed by atoms with Crippen molar-refractivity contribution >= 4 is 40.4 Å². The van der Waals surface area contributed by atoms with Gasteiger partial charge in [0.05, 0.1) is 34.2 Å². The Bertz CT molecular complexity index is 2110. The number of nitro groups is 1. The molecule has 0 radical (unpaired) electrons. The van der Waals surface area contributed by atoms with Crippen LogP contribution in [-0.2, 0) is 29.5 Å². The number of para-hydroxylation sites is 1. The summed E-state index contributed by atoms with van der Waals surface area (Å²) < 4.78 is 42.4. The van der Waals surface area contributed by atoms with Crippen LogP contribution in [0.3, 0.4) is 0 Å². The fourth-order valence-corrected chi connectivity index (χ4v) is 15.4. The Balaban J connectivity index is 1.11. The molecule has 0 bridgehead atoms. The summed E-state index contributed by atoms with van der Waals surface area (Å²) in [5, 5.41) is 16.0. The monoisotopic (exact) mass is 808 g/mol. The van der Waals surface area contributed by atoms with Crippen molar-refractivity contribution < 1.29 is 27.3 Å². The van der Waals surface area contributed by atoms with Crippen LogP contribution in [0, 0.1) is 23.0 Å². The number of benzene rings is 4. The van der Waals surface area contributed by atoms with Crippen molar-refractivity contribution in [3.05, 3.63) is 142 Å². The van der Waals surface area contributed by atoms with Crippen molar-refractivity contribution in [1.29, 1.82) is 0 Å². The average Bonchev–Trinajstić information content (AvgIpc) is 3.69. The van der Waals surface area contributed by atoms with E-state index in [1.165, 1.54) is 22.5 Å². The van der Waals surface area contributed by atoms with E-state index in [2.05, 4.69) is 81.4 Å². The highest BCUT2D eigenvalue weighted by Gasteiger charge is 2.72. The molecule has 0 saturated carbocycles. The van der Waals surface area contributed by atoms with E-state index >= 15 is 0 Å². The second-order valence-electron chi connectivity index (χ2n) is 16.3. The number of carbonyl (C=O) groups is 1. The molecule has 0 spiro atoms. The van der Waals surface area contributed by atoms with Crippen molar-refractivity contribution in [3.63, 3.8) is 0 Å². The van der Waals surface area contributed by atoms with Crippen LogP contribution in [0.15, 0.2) is 126 Å². The minimum atomic E-state index is -4.31. The van der Waals surface area contributed by atoms with Gasteiger partial charge in [0.25, 0.3) is 23.9 Å². The second kappa shape index (κ2) is 17.5. The number of esters is 1. The molecule has 6 rings (SSSR count). The smallest absolute Gasteiger partial charge is 0.336 e. The van der Waals surface area contributed by atoms with Crippen LogP contribution >= 0.6 is 0 Å². The van der Waals surface area contributed by atoms with E-state index in [-0.39, 0.29) is 32.7 Å². The molecule has 3 atom stereocenters. The van der Waals surface area contributed by atoms with Crippen LogP contribution in [0.4, 0.5) is 5.69 Å². The van der Waals surface area contributed by atoms with Crippen LogP contribution < -0.4 is 14.7 Å². The Kier molecular flexibility index (Phi) is 12.9. The van der Waals surface area contributed by atoms with Gasteiger partial charge in [0.15, 0.2) is 6.04 Å². The first-order chi connectivity index (χ1) is 27.3. The van der Waals surface area contributed by atoms with Crippen LogP contribution in [0.1, 0.15) is 90.2 Å². The first-order valence-electron chi connectivity index (χ1n) is 20.3. The standard InChI is InChI=1S/C46H56N2O7SSi/c1-6-54-44(49)40-34-36(46(48(50)51)41-27-19-20-28-42(41)47(43(40)46)56(52,53)37-31-29-35(2)30-32-37)22-14-10-8-7-9-11-21-33-55-57(45(3,4)5,38-23-15-12-16-24-38)39-25-17-13-18-26-39/h12-13,15-20,23-32,34,36,43H,6-11,14,21-22,33H2,1-5H3/t36-,43-,46-/m1/s1. The summed E-state index contributed by atoms with van der Waals surface area (Å²) in [6, 6.07) is 33.0. The Hall–Kier alpha value is -4.58. The van der Waals surface area contributed by atoms with Gasteiger partial charge < -0.3 is 9.16 Å². The zero-order chi connectivity index (χ0) is 40.8. The third-order valence-corrected chi connectivity index (χ3v) is 18.6. The minimum Gasteiger partial charge on any atom is -0.463 e. The molecule has 1 aliphatic heterocycles. The number of sulfonamides is 1. The third kappa shape index (κ3) is 7.86. The maximum absolute atomic E-state index is 14.4. The Labute approximate surface area is 339 Å². The molecule has 4 aromatic carbocycles. The quantitative estimate of drug-likeness (QED) is 0.0324. The van der Waals surface area contributed by atoms with Gasteiger partial charge in [-0.1, -0.05) is 156 Å². The maximum atomic E-state index is 14.4. The molecule has 0 unspecified atom stereocenters. The van der Waals surface area contributed by atoms with Crippen LogP contribution in [0.2, 0.25) is 5.04 Å². The van der Waals surface area contributed by atoms with Crippen molar-refractivity contribution in [1.82, 2.24) is 0 Å². The third-order valence-electron chi connectivity index (χ3n) is 11.8. The summed E-state index contributed by atoms with van der Waals surface area (Å²) >= 11 is 0. The molecule has 9 nitrogen and oxygen atoms in total. The number of unbranched alkanes of at least 4 members (excludes halogenated alkanes) is 6. The van der Waals surface area contributed by atoms with E-state index in [0.29, 0.717) is 25.0 Å². The fourth-order valence-electron chi connectivity index (χ4n) is 9.13. The highest BCUT2D eigenvalue weighted by molar-refractivity contribution is 7.93. The Morgan fingerprint density at radius 1 is 0.807 bits per heavy atom. The molecular formula is C46H56N2O7SSi. The number of carbonyl (C=O) groups excluding carboxylic acids is 1. The summed E-state index contributed by atoms with van der Waals surface area (Å²) in [5.41, 5.74) is -0.453. The molecular weight excluding hydrogens is 753 g/mol. The largest absolute Gasteiger partial charge is 0.463 e. The van der Waals surface area contributed by atoms with Gasteiger partial charge in [-0.05, 0) is 66.4 Å². The van der Waals surface area contributed by atoms with Crippen LogP contribution in [0.25, 0.3) is 0 Å². The van der Waals surface area contributed by atoms with Gasteiger partial charge in [0.1, 0.15) is 0 Å². The summed E-state index contributed by atoms with van der Waals surface area (Å²) in [7, 11) is -6.88. The van der Waals surface area contributed by atoms with Gasteiger partial charge in [0.2, 0.25) is 0 Å². The van der Waals surface area contributed by atoms with Crippen LogP contribution in [-0.4, -0.2) is 46.9 Å². The lowest BCUT2D eigenvalue weighted by Crippen LogP contribution is -2.66. The number of fused-ring (bicyclic) bond motifs is 3. The van der Waals surface area contributed by atoms with Gasteiger partial charge in [0, 0.05) is 11.5 Å². The number of rotatable bonds is 18. The summed E-state index contributed by atoms with van der Waals surface area (Å²) in [6.07, 6.45) is 8.68. The molecule has 0 fully saturated rings. The van der Waals surface area contributed by atoms with Crippen molar-refractivity contribution in [2.24, 2.45) is 5.92 Å². The molecule has 1 aliphatic carbocycles. The lowest BCUT2D eigenvalue weighted by molar-refractivity contribution is -0.586. The number of hydrogen-bond donors (Lipinski definition) is 0. The van der Waals surface area contributed by atoms with Crippen molar-refractivity contribution in [2.75, 3.05) is 17.5 Å². The van der Waals surface area contributed by atoms with Gasteiger partial charge in [-0.15, -0.1) is 0 Å². The van der Waals surface area contributed by atoms with Gasteiger partial charge >= 0.3 is 5.97 Å². The predicted molar refractivity (Wildman–Crippen MR) is 228 cm³/mol. The first-order valence-corrected chi connectivity index (χ1v) is 23.7. The molecule has 0 saturated heterocycles. The van der Waals surface area contributed by atoms with E-state index < -0.39 is 41.8 Å². The first kappa shape index (κ1) is 42.0. The van der Waals surface area contributed by atoms with E-state index in [1.54, 1.807) is 49.4 Å². The molecule has 0 aromatic heterocycles.